The Balaban J connectivity index is 1.74. The molecule has 0 saturated carbocycles. The number of thioether (sulfide) groups is 1. The molecule has 0 spiro atoms. The normalized spacial score (nSPS) is 14.7. The van der Waals surface area contributed by atoms with Gasteiger partial charge in [-0.3, -0.25) is 0 Å². The molecule has 3 aromatic rings. The summed E-state index contributed by atoms with van der Waals surface area (Å²) in [7, 11) is 1.66. The van der Waals surface area contributed by atoms with Crippen molar-refractivity contribution in [3.8, 4) is 22.9 Å². The number of unbranched alkanes of at least 4 members (excludes halogenated alkanes) is 2. The first kappa shape index (κ1) is 20.9. The third kappa shape index (κ3) is 4.54. The van der Waals surface area contributed by atoms with E-state index in [-0.39, 0.29) is 0 Å². The Bertz CT molecular complexity index is 1030. The van der Waals surface area contributed by atoms with Crippen LogP contribution in [0.5, 0.6) is 11.6 Å². The summed E-state index contributed by atoms with van der Waals surface area (Å²) < 4.78 is 12.8. The van der Waals surface area contributed by atoms with Crippen LogP contribution >= 0.6 is 27.7 Å². The van der Waals surface area contributed by atoms with Crippen molar-refractivity contribution < 1.29 is 9.47 Å². The Kier molecular flexibility index (Phi) is 6.74. The first-order chi connectivity index (χ1) is 14.7. The number of ether oxygens (including phenoxy) is 2. The van der Waals surface area contributed by atoms with Gasteiger partial charge >= 0.3 is 0 Å². The van der Waals surface area contributed by atoms with Crippen LogP contribution in [0.2, 0.25) is 0 Å². The van der Waals surface area contributed by atoms with Crippen molar-refractivity contribution in [2.24, 2.45) is 0 Å². The molecule has 1 atom stereocenters. The number of nitrogens with one attached hydrogen (secondary N) is 1. The van der Waals surface area contributed by atoms with Gasteiger partial charge in [-0.2, -0.15) is 4.98 Å². The van der Waals surface area contributed by atoms with Gasteiger partial charge in [0.15, 0.2) is 5.69 Å². The summed E-state index contributed by atoms with van der Waals surface area (Å²) >= 11 is 5.16. The molecule has 0 aliphatic carbocycles. The highest BCUT2D eigenvalue weighted by atomic mass is 79.9. The summed E-state index contributed by atoms with van der Waals surface area (Å²) in [6.45, 7) is 2.19. The lowest BCUT2D eigenvalue weighted by molar-refractivity contribution is 0.220. The number of rotatable bonds is 7. The van der Waals surface area contributed by atoms with Gasteiger partial charge in [-0.05, 0) is 36.8 Å². The summed E-state index contributed by atoms with van der Waals surface area (Å²) in [5, 5.41) is 12.9. The Labute approximate surface area is 188 Å². The largest absolute Gasteiger partial charge is 0.496 e. The lowest BCUT2D eigenvalue weighted by Gasteiger charge is -2.21. The topological polar surface area (TPSA) is 69.2 Å². The van der Waals surface area contributed by atoms with Gasteiger partial charge in [0, 0.05) is 21.5 Å². The molecule has 8 heteroatoms. The van der Waals surface area contributed by atoms with E-state index in [1.54, 1.807) is 18.9 Å². The standard InChI is InChI=1S/C22H23BrN4O2S/c1-3-4-7-12-30-22-25-21-19(26-27-22)16-13-14(23)10-11-17(16)24-20(29-21)15-8-5-6-9-18(15)28-2/h5-6,8-11,13,20,24H,3-4,7,12H2,1-2H3. The third-order valence-electron chi connectivity index (χ3n) is 4.79. The van der Waals surface area contributed by atoms with E-state index < -0.39 is 6.23 Å². The molecule has 4 rings (SSSR count). The van der Waals surface area contributed by atoms with E-state index in [2.05, 4.69) is 38.4 Å². The molecule has 30 heavy (non-hydrogen) atoms. The van der Waals surface area contributed by atoms with Crippen molar-refractivity contribution >= 4 is 33.4 Å². The smallest absolute Gasteiger partial charge is 0.247 e. The highest BCUT2D eigenvalue weighted by molar-refractivity contribution is 9.10. The average Bonchev–Trinajstić information content (AvgIpc) is 2.93. The van der Waals surface area contributed by atoms with Crippen LogP contribution in [0.25, 0.3) is 11.3 Å². The number of aromatic nitrogens is 3. The van der Waals surface area contributed by atoms with E-state index in [0.29, 0.717) is 16.7 Å². The highest BCUT2D eigenvalue weighted by Gasteiger charge is 2.28. The maximum atomic E-state index is 6.34. The van der Waals surface area contributed by atoms with Crippen molar-refractivity contribution in [1.82, 2.24) is 15.2 Å². The van der Waals surface area contributed by atoms with Crippen molar-refractivity contribution in [1.29, 1.82) is 0 Å². The second-order valence-corrected chi connectivity index (χ2v) is 8.86. The van der Waals surface area contributed by atoms with E-state index in [9.17, 15) is 0 Å². The zero-order valence-electron chi connectivity index (χ0n) is 16.9. The monoisotopic (exact) mass is 486 g/mol. The molecular formula is C22H23BrN4O2S. The van der Waals surface area contributed by atoms with E-state index in [4.69, 9.17) is 14.5 Å². The number of anilines is 1. The van der Waals surface area contributed by atoms with Gasteiger partial charge in [0.05, 0.1) is 12.7 Å². The lowest BCUT2D eigenvalue weighted by atomic mass is 10.1. The first-order valence-corrected chi connectivity index (χ1v) is 11.7. The number of halogens is 1. The number of nitrogens with zero attached hydrogens (tertiary/aromatic N) is 3. The quantitative estimate of drug-likeness (QED) is 0.319. The summed E-state index contributed by atoms with van der Waals surface area (Å²) in [5.74, 6) is 2.17. The zero-order valence-corrected chi connectivity index (χ0v) is 19.3. The van der Waals surface area contributed by atoms with Crippen LogP contribution in [0.3, 0.4) is 0 Å². The van der Waals surface area contributed by atoms with Gasteiger partial charge in [0.1, 0.15) is 5.75 Å². The van der Waals surface area contributed by atoms with Gasteiger partial charge in [0.2, 0.25) is 17.3 Å². The lowest BCUT2D eigenvalue weighted by Crippen LogP contribution is -2.18. The second kappa shape index (κ2) is 9.66. The van der Waals surface area contributed by atoms with Crippen LogP contribution in [0.1, 0.15) is 38.0 Å². The Hall–Kier alpha value is -2.32. The minimum Gasteiger partial charge on any atom is -0.496 e. The Morgan fingerprint density at radius 1 is 1.17 bits per heavy atom. The molecule has 1 aromatic heterocycles. The molecule has 2 aromatic carbocycles. The average molecular weight is 487 g/mol. The molecule has 0 fully saturated rings. The van der Waals surface area contributed by atoms with Crippen LogP contribution in [-0.4, -0.2) is 28.0 Å². The fraction of sp³-hybridized carbons (Fsp3) is 0.318. The van der Waals surface area contributed by atoms with E-state index in [0.717, 1.165) is 39.2 Å². The van der Waals surface area contributed by atoms with Crippen LogP contribution < -0.4 is 14.8 Å². The van der Waals surface area contributed by atoms with Crippen LogP contribution in [-0.2, 0) is 0 Å². The molecule has 6 nitrogen and oxygen atoms in total. The predicted octanol–water partition coefficient (Wildman–Crippen LogP) is 6.10. The van der Waals surface area contributed by atoms with E-state index in [1.807, 2.05) is 42.5 Å². The van der Waals surface area contributed by atoms with Gasteiger partial charge in [-0.1, -0.05) is 59.6 Å². The number of hydrogen-bond donors (Lipinski definition) is 1. The molecule has 2 heterocycles. The van der Waals surface area contributed by atoms with Gasteiger partial charge < -0.3 is 14.8 Å². The summed E-state index contributed by atoms with van der Waals surface area (Å²) in [6.07, 6.45) is 3.04. The van der Waals surface area contributed by atoms with E-state index >= 15 is 0 Å². The van der Waals surface area contributed by atoms with Crippen molar-refractivity contribution in [2.75, 3.05) is 18.2 Å². The minimum atomic E-state index is -0.475. The molecule has 1 N–H and O–H groups in total. The van der Waals surface area contributed by atoms with Gasteiger partial charge in [-0.15, -0.1) is 10.2 Å². The molecule has 0 radical (unpaired) electrons. The summed E-state index contributed by atoms with van der Waals surface area (Å²) in [4.78, 5) is 4.70. The fourth-order valence-corrected chi connectivity index (χ4v) is 4.41. The van der Waals surface area contributed by atoms with Crippen molar-refractivity contribution in [3.63, 3.8) is 0 Å². The van der Waals surface area contributed by atoms with Gasteiger partial charge in [0.25, 0.3) is 0 Å². The molecule has 1 aliphatic rings. The van der Waals surface area contributed by atoms with Crippen molar-refractivity contribution in [2.45, 2.75) is 37.6 Å². The number of methoxy groups -OCH3 is 1. The number of para-hydroxylation sites is 1. The molecule has 0 bridgehead atoms. The molecule has 156 valence electrons. The van der Waals surface area contributed by atoms with Crippen LogP contribution in [0.15, 0.2) is 52.1 Å². The third-order valence-corrected chi connectivity index (χ3v) is 6.21. The molecule has 1 unspecified atom stereocenters. The molecule has 0 saturated heterocycles. The summed E-state index contributed by atoms with van der Waals surface area (Å²) in [5.41, 5.74) is 3.29. The highest BCUT2D eigenvalue weighted by Crippen LogP contribution is 2.42. The SMILES string of the molecule is CCCCCSc1nnc2c(n1)OC(c1ccccc1OC)Nc1ccc(Br)cc1-2. The van der Waals surface area contributed by atoms with Crippen molar-refractivity contribution in [3.05, 3.63) is 52.5 Å². The molecule has 0 amide bonds. The number of benzene rings is 2. The zero-order chi connectivity index (χ0) is 20.9. The summed E-state index contributed by atoms with van der Waals surface area (Å²) in [6, 6.07) is 13.8. The van der Waals surface area contributed by atoms with Crippen LogP contribution in [0.4, 0.5) is 5.69 Å². The fourth-order valence-electron chi connectivity index (χ4n) is 3.27. The molecular weight excluding hydrogens is 464 g/mol. The number of hydrogen-bond acceptors (Lipinski definition) is 7. The second-order valence-electron chi connectivity index (χ2n) is 6.88. The van der Waals surface area contributed by atoms with Crippen LogP contribution in [0, 0.1) is 0 Å². The Morgan fingerprint density at radius 2 is 2.03 bits per heavy atom. The molecule has 1 aliphatic heterocycles. The maximum absolute atomic E-state index is 6.34. The van der Waals surface area contributed by atoms with E-state index in [1.165, 1.54) is 12.8 Å². The van der Waals surface area contributed by atoms with Gasteiger partial charge in [-0.25, -0.2) is 0 Å². The Morgan fingerprint density at radius 3 is 2.87 bits per heavy atom. The first-order valence-electron chi connectivity index (χ1n) is 9.93. The predicted molar refractivity (Wildman–Crippen MR) is 123 cm³/mol. The maximum Gasteiger partial charge on any atom is 0.247 e. The minimum absolute atomic E-state index is 0.461. The number of fused-ring (bicyclic) bond motifs is 3.